The topological polar surface area (TPSA) is 52.6 Å². The molecule has 0 fully saturated rings. The molecule has 0 bridgehead atoms. The summed E-state index contributed by atoms with van der Waals surface area (Å²) in [7, 11) is 0. The van der Waals surface area contributed by atoms with Crippen LogP contribution in [0.4, 0.5) is 0 Å². The second-order valence-electron chi connectivity index (χ2n) is 5.21. The number of rotatable bonds is 11. The summed E-state index contributed by atoms with van der Waals surface area (Å²) in [6, 6.07) is 6.56. The zero-order valence-electron chi connectivity index (χ0n) is 13.7. The SMILES string of the molecule is CCOC(=O)c1ccccc1C(=O)OCCCCCCCCCl. The van der Waals surface area contributed by atoms with Gasteiger partial charge >= 0.3 is 11.9 Å². The van der Waals surface area contributed by atoms with Crippen LogP contribution in [0, 0.1) is 0 Å². The minimum absolute atomic E-state index is 0.250. The second kappa shape index (κ2) is 11.9. The zero-order valence-corrected chi connectivity index (χ0v) is 14.4. The van der Waals surface area contributed by atoms with Crippen LogP contribution in [0.15, 0.2) is 24.3 Å². The van der Waals surface area contributed by atoms with Gasteiger partial charge in [0.25, 0.3) is 0 Å². The summed E-state index contributed by atoms with van der Waals surface area (Å²) in [5, 5.41) is 0. The molecule has 0 heterocycles. The van der Waals surface area contributed by atoms with Crippen LogP contribution in [-0.2, 0) is 9.47 Å². The van der Waals surface area contributed by atoms with Gasteiger partial charge in [-0.05, 0) is 31.9 Å². The third kappa shape index (κ3) is 7.51. The molecule has 1 rings (SSSR count). The maximum Gasteiger partial charge on any atom is 0.339 e. The molecule has 0 aromatic heterocycles. The fourth-order valence-electron chi connectivity index (χ4n) is 2.19. The smallest absolute Gasteiger partial charge is 0.339 e. The lowest BCUT2D eigenvalue weighted by molar-refractivity contribution is 0.0462. The second-order valence-corrected chi connectivity index (χ2v) is 5.59. The van der Waals surface area contributed by atoms with E-state index >= 15 is 0 Å². The van der Waals surface area contributed by atoms with E-state index in [1.807, 2.05) is 0 Å². The first-order valence-electron chi connectivity index (χ1n) is 8.20. The van der Waals surface area contributed by atoms with Crippen molar-refractivity contribution in [3.63, 3.8) is 0 Å². The van der Waals surface area contributed by atoms with Gasteiger partial charge in [0, 0.05) is 5.88 Å². The number of ether oxygens (including phenoxy) is 2. The average molecular weight is 341 g/mol. The molecule has 0 amide bonds. The van der Waals surface area contributed by atoms with Crippen molar-refractivity contribution >= 4 is 23.5 Å². The van der Waals surface area contributed by atoms with Crippen molar-refractivity contribution in [2.75, 3.05) is 19.1 Å². The summed E-state index contributed by atoms with van der Waals surface area (Å²) >= 11 is 5.62. The van der Waals surface area contributed by atoms with Crippen molar-refractivity contribution in [3.05, 3.63) is 35.4 Å². The van der Waals surface area contributed by atoms with Crippen LogP contribution in [0.3, 0.4) is 0 Å². The normalized spacial score (nSPS) is 10.3. The number of unbranched alkanes of at least 4 members (excludes halogenated alkanes) is 5. The first-order chi connectivity index (χ1) is 11.2. The number of hydrogen-bond donors (Lipinski definition) is 0. The molecule has 0 radical (unpaired) electrons. The summed E-state index contributed by atoms with van der Waals surface area (Å²) in [4.78, 5) is 23.9. The average Bonchev–Trinajstić information content (AvgIpc) is 2.57. The maximum atomic E-state index is 12.1. The lowest BCUT2D eigenvalue weighted by atomic mass is 10.1. The molecule has 0 atom stereocenters. The Labute approximate surface area is 143 Å². The van der Waals surface area contributed by atoms with Crippen molar-refractivity contribution in [1.82, 2.24) is 0 Å². The number of carbonyl (C=O) groups excluding carboxylic acids is 2. The third-order valence-corrected chi connectivity index (χ3v) is 3.67. The minimum atomic E-state index is -0.501. The minimum Gasteiger partial charge on any atom is -0.462 e. The van der Waals surface area contributed by atoms with Gasteiger partial charge in [-0.3, -0.25) is 0 Å². The van der Waals surface area contributed by atoms with Crippen LogP contribution in [-0.4, -0.2) is 31.0 Å². The molecular formula is C18H25ClO4. The maximum absolute atomic E-state index is 12.1. The van der Waals surface area contributed by atoms with Crippen molar-refractivity contribution in [3.8, 4) is 0 Å². The number of carbonyl (C=O) groups is 2. The van der Waals surface area contributed by atoms with E-state index < -0.39 is 11.9 Å². The number of esters is 2. The Morgan fingerprint density at radius 2 is 1.39 bits per heavy atom. The van der Waals surface area contributed by atoms with Crippen LogP contribution in [0.2, 0.25) is 0 Å². The van der Waals surface area contributed by atoms with E-state index in [1.54, 1.807) is 31.2 Å². The van der Waals surface area contributed by atoms with Gasteiger partial charge in [-0.25, -0.2) is 9.59 Å². The predicted molar refractivity (Wildman–Crippen MR) is 91.1 cm³/mol. The fourth-order valence-corrected chi connectivity index (χ4v) is 2.38. The lowest BCUT2D eigenvalue weighted by Crippen LogP contribution is -2.14. The van der Waals surface area contributed by atoms with Crippen molar-refractivity contribution in [1.29, 1.82) is 0 Å². The van der Waals surface area contributed by atoms with Gasteiger partial charge in [-0.1, -0.05) is 37.8 Å². The van der Waals surface area contributed by atoms with Gasteiger partial charge in [0.2, 0.25) is 0 Å². The molecule has 0 aliphatic carbocycles. The molecule has 0 saturated heterocycles. The molecule has 4 nitrogen and oxygen atoms in total. The van der Waals surface area contributed by atoms with Gasteiger partial charge in [0.05, 0.1) is 24.3 Å². The van der Waals surface area contributed by atoms with Crippen LogP contribution in [0.25, 0.3) is 0 Å². The van der Waals surface area contributed by atoms with Gasteiger partial charge in [0.15, 0.2) is 0 Å². The highest BCUT2D eigenvalue weighted by Crippen LogP contribution is 2.13. The van der Waals surface area contributed by atoms with Crippen molar-refractivity contribution in [2.24, 2.45) is 0 Å². The van der Waals surface area contributed by atoms with Crippen LogP contribution in [0.5, 0.6) is 0 Å². The van der Waals surface area contributed by atoms with Crippen LogP contribution < -0.4 is 0 Å². The monoisotopic (exact) mass is 340 g/mol. The number of alkyl halides is 1. The molecule has 5 heteroatoms. The van der Waals surface area contributed by atoms with E-state index in [0.29, 0.717) is 6.61 Å². The molecular weight excluding hydrogens is 316 g/mol. The van der Waals surface area contributed by atoms with Crippen molar-refractivity contribution in [2.45, 2.75) is 45.4 Å². The Hall–Kier alpha value is -1.55. The van der Waals surface area contributed by atoms with Crippen LogP contribution in [0.1, 0.15) is 66.2 Å². The first-order valence-corrected chi connectivity index (χ1v) is 8.73. The highest BCUT2D eigenvalue weighted by Gasteiger charge is 2.18. The summed E-state index contributed by atoms with van der Waals surface area (Å²) in [5.41, 5.74) is 0.508. The van der Waals surface area contributed by atoms with E-state index in [0.717, 1.165) is 44.4 Å². The van der Waals surface area contributed by atoms with Gasteiger partial charge in [-0.15, -0.1) is 11.6 Å². The molecule has 23 heavy (non-hydrogen) atoms. The molecule has 0 saturated carbocycles. The Kier molecular flexibility index (Phi) is 10.1. The number of hydrogen-bond acceptors (Lipinski definition) is 4. The lowest BCUT2D eigenvalue weighted by Gasteiger charge is -2.09. The first kappa shape index (κ1) is 19.5. The number of benzene rings is 1. The molecule has 0 spiro atoms. The molecule has 128 valence electrons. The standard InChI is InChI=1S/C18H25ClO4/c1-2-22-17(20)15-11-7-8-12-16(15)18(21)23-14-10-6-4-3-5-9-13-19/h7-8,11-12H,2-6,9-10,13-14H2,1H3. The Bertz CT molecular complexity index is 488. The summed E-state index contributed by atoms with van der Waals surface area (Å²) < 4.78 is 10.2. The molecule has 0 aliphatic rings. The molecule has 0 aliphatic heterocycles. The van der Waals surface area contributed by atoms with Crippen LogP contribution >= 0.6 is 11.6 Å². The molecule has 0 unspecified atom stereocenters. The zero-order chi connectivity index (χ0) is 16.9. The highest BCUT2D eigenvalue weighted by molar-refractivity contribution is 6.17. The summed E-state index contributed by atoms with van der Waals surface area (Å²) in [6.45, 7) is 2.36. The summed E-state index contributed by atoms with van der Waals surface area (Å²) in [5.74, 6) is -0.257. The Morgan fingerprint density at radius 1 is 0.870 bits per heavy atom. The molecule has 1 aromatic carbocycles. The number of halogens is 1. The predicted octanol–water partition coefficient (Wildman–Crippen LogP) is 4.60. The molecule has 0 N–H and O–H groups in total. The van der Waals surface area contributed by atoms with E-state index in [-0.39, 0.29) is 17.7 Å². The van der Waals surface area contributed by atoms with E-state index in [1.165, 1.54) is 0 Å². The van der Waals surface area contributed by atoms with Gasteiger partial charge in [-0.2, -0.15) is 0 Å². The van der Waals surface area contributed by atoms with Gasteiger partial charge in [0.1, 0.15) is 0 Å². The van der Waals surface area contributed by atoms with Gasteiger partial charge < -0.3 is 9.47 Å². The van der Waals surface area contributed by atoms with E-state index in [4.69, 9.17) is 21.1 Å². The van der Waals surface area contributed by atoms with E-state index in [9.17, 15) is 9.59 Å². The molecule has 1 aromatic rings. The summed E-state index contributed by atoms with van der Waals surface area (Å²) in [6.07, 6.45) is 6.33. The third-order valence-electron chi connectivity index (χ3n) is 3.40. The largest absolute Gasteiger partial charge is 0.462 e. The fraction of sp³-hybridized carbons (Fsp3) is 0.556. The Balaban J connectivity index is 2.36. The Morgan fingerprint density at radius 3 is 1.96 bits per heavy atom. The van der Waals surface area contributed by atoms with Crippen molar-refractivity contribution < 1.29 is 19.1 Å². The highest BCUT2D eigenvalue weighted by atomic mass is 35.5. The van der Waals surface area contributed by atoms with E-state index in [2.05, 4.69) is 0 Å². The quantitative estimate of drug-likeness (QED) is 0.335.